The molecule has 0 spiro atoms. The van der Waals surface area contributed by atoms with Gasteiger partial charge in [-0.25, -0.2) is 9.97 Å². The Bertz CT molecular complexity index is 419. The zero-order chi connectivity index (χ0) is 13.2. The lowest BCUT2D eigenvalue weighted by atomic mass is 9.94. The minimum atomic E-state index is -0.0529. The largest absolute Gasteiger partial charge is 0.375 e. The highest BCUT2D eigenvalue weighted by molar-refractivity contribution is 5.56. The molecule has 1 saturated heterocycles. The highest BCUT2D eigenvalue weighted by atomic mass is 16.5. The first-order valence-corrected chi connectivity index (χ1v) is 6.42. The van der Waals surface area contributed by atoms with Crippen LogP contribution in [-0.2, 0) is 4.74 Å². The van der Waals surface area contributed by atoms with E-state index in [0.717, 1.165) is 36.6 Å². The van der Waals surface area contributed by atoms with Crippen molar-refractivity contribution in [3.05, 3.63) is 11.9 Å². The molecular formula is C13H22N4O. The number of nitrogens with one attached hydrogen (secondary N) is 2. The van der Waals surface area contributed by atoms with Gasteiger partial charge in [-0.1, -0.05) is 0 Å². The Morgan fingerprint density at radius 1 is 1.33 bits per heavy atom. The molecule has 1 aromatic rings. The summed E-state index contributed by atoms with van der Waals surface area (Å²) >= 11 is 0. The fourth-order valence-corrected chi connectivity index (χ4v) is 2.40. The number of aromatic nitrogens is 2. The first-order chi connectivity index (χ1) is 8.52. The van der Waals surface area contributed by atoms with Gasteiger partial charge in [0.15, 0.2) is 0 Å². The van der Waals surface area contributed by atoms with Crippen LogP contribution in [0.15, 0.2) is 6.33 Å². The molecule has 1 aromatic heterocycles. The molecule has 1 atom stereocenters. The van der Waals surface area contributed by atoms with Gasteiger partial charge in [-0.3, -0.25) is 0 Å². The van der Waals surface area contributed by atoms with E-state index in [-0.39, 0.29) is 5.60 Å². The fraction of sp³-hybridized carbons (Fsp3) is 0.692. The van der Waals surface area contributed by atoms with Crippen molar-refractivity contribution in [3.63, 3.8) is 0 Å². The van der Waals surface area contributed by atoms with Gasteiger partial charge in [0.1, 0.15) is 18.0 Å². The lowest BCUT2D eigenvalue weighted by molar-refractivity contribution is -0.0553. The van der Waals surface area contributed by atoms with Gasteiger partial charge in [0.25, 0.3) is 0 Å². The number of nitrogens with zero attached hydrogens (tertiary/aromatic N) is 2. The Labute approximate surface area is 108 Å². The monoisotopic (exact) mass is 250 g/mol. The van der Waals surface area contributed by atoms with E-state index in [1.165, 1.54) is 0 Å². The second-order valence-electron chi connectivity index (χ2n) is 5.39. The molecule has 0 saturated carbocycles. The lowest BCUT2D eigenvalue weighted by Gasteiger charge is -2.36. The summed E-state index contributed by atoms with van der Waals surface area (Å²) in [7, 11) is 1.87. The van der Waals surface area contributed by atoms with Crippen LogP contribution >= 0.6 is 0 Å². The van der Waals surface area contributed by atoms with E-state index < -0.39 is 0 Å². The van der Waals surface area contributed by atoms with Gasteiger partial charge in [-0.2, -0.15) is 0 Å². The number of anilines is 2. The van der Waals surface area contributed by atoms with Crippen molar-refractivity contribution in [2.24, 2.45) is 0 Å². The summed E-state index contributed by atoms with van der Waals surface area (Å²) in [6.07, 6.45) is 3.60. The molecule has 1 unspecified atom stereocenters. The summed E-state index contributed by atoms with van der Waals surface area (Å²) in [5, 5.41) is 6.58. The zero-order valence-electron chi connectivity index (χ0n) is 11.6. The number of hydrogen-bond donors (Lipinski definition) is 2. The van der Waals surface area contributed by atoms with Crippen molar-refractivity contribution in [2.75, 3.05) is 24.3 Å². The average molecular weight is 250 g/mol. The van der Waals surface area contributed by atoms with Gasteiger partial charge in [-0.15, -0.1) is 0 Å². The Morgan fingerprint density at radius 2 is 2.06 bits per heavy atom. The Morgan fingerprint density at radius 3 is 2.72 bits per heavy atom. The van der Waals surface area contributed by atoms with Crippen LogP contribution in [0.2, 0.25) is 0 Å². The average Bonchev–Trinajstić information content (AvgIpc) is 2.31. The molecule has 2 rings (SSSR count). The van der Waals surface area contributed by atoms with Crippen LogP contribution in [0, 0.1) is 6.92 Å². The molecule has 1 aliphatic rings. The molecule has 0 aliphatic carbocycles. The second kappa shape index (κ2) is 5.10. The van der Waals surface area contributed by atoms with Crippen LogP contribution in [0.25, 0.3) is 0 Å². The molecule has 0 radical (unpaired) electrons. The summed E-state index contributed by atoms with van der Waals surface area (Å²) in [4.78, 5) is 8.52. The molecule has 0 bridgehead atoms. The van der Waals surface area contributed by atoms with E-state index in [1.807, 2.05) is 14.0 Å². The van der Waals surface area contributed by atoms with E-state index in [1.54, 1.807) is 6.33 Å². The standard InChI is InChI=1S/C13H22N4O/c1-9-11(14-4)15-8-16-12(9)17-10-5-6-18-13(2,3)7-10/h8,10H,5-7H2,1-4H3,(H2,14,15,16,17). The van der Waals surface area contributed by atoms with Crippen LogP contribution in [0.4, 0.5) is 11.6 Å². The van der Waals surface area contributed by atoms with Gasteiger partial charge in [-0.05, 0) is 33.6 Å². The molecule has 18 heavy (non-hydrogen) atoms. The Hall–Kier alpha value is -1.36. The topological polar surface area (TPSA) is 59.1 Å². The smallest absolute Gasteiger partial charge is 0.134 e. The molecule has 100 valence electrons. The maximum Gasteiger partial charge on any atom is 0.134 e. The maximum absolute atomic E-state index is 5.72. The number of ether oxygens (including phenoxy) is 1. The highest BCUT2D eigenvalue weighted by Gasteiger charge is 2.29. The third kappa shape index (κ3) is 2.90. The minimum absolute atomic E-state index is 0.0529. The van der Waals surface area contributed by atoms with Crippen molar-refractivity contribution >= 4 is 11.6 Å². The Balaban J connectivity index is 2.09. The molecule has 5 heteroatoms. The van der Waals surface area contributed by atoms with Crippen molar-refractivity contribution in [3.8, 4) is 0 Å². The van der Waals surface area contributed by atoms with Crippen LogP contribution in [-0.4, -0.2) is 35.3 Å². The van der Waals surface area contributed by atoms with Gasteiger partial charge in [0, 0.05) is 25.3 Å². The van der Waals surface area contributed by atoms with Gasteiger partial charge in [0.05, 0.1) is 5.60 Å². The normalized spacial score (nSPS) is 22.6. The maximum atomic E-state index is 5.72. The number of hydrogen-bond acceptors (Lipinski definition) is 5. The first-order valence-electron chi connectivity index (χ1n) is 6.42. The summed E-state index contributed by atoms with van der Waals surface area (Å²) in [5.74, 6) is 1.79. The Kier molecular flexibility index (Phi) is 3.71. The van der Waals surface area contributed by atoms with E-state index in [9.17, 15) is 0 Å². The van der Waals surface area contributed by atoms with Crippen molar-refractivity contribution in [1.82, 2.24) is 9.97 Å². The lowest BCUT2D eigenvalue weighted by Crippen LogP contribution is -2.40. The molecule has 0 aromatic carbocycles. The molecular weight excluding hydrogens is 228 g/mol. The quantitative estimate of drug-likeness (QED) is 0.861. The summed E-state index contributed by atoms with van der Waals surface area (Å²) in [6, 6.07) is 0.409. The predicted octanol–water partition coefficient (Wildman–Crippen LogP) is 2.20. The fourth-order valence-electron chi connectivity index (χ4n) is 2.40. The zero-order valence-corrected chi connectivity index (χ0v) is 11.6. The van der Waals surface area contributed by atoms with Crippen LogP contribution in [0.1, 0.15) is 32.3 Å². The molecule has 5 nitrogen and oxygen atoms in total. The van der Waals surface area contributed by atoms with Crippen LogP contribution in [0.5, 0.6) is 0 Å². The summed E-state index contributed by atoms with van der Waals surface area (Å²) in [5.41, 5.74) is 1.01. The predicted molar refractivity (Wildman–Crippen MR) is 73.0 cm³/mol. The van der Waals surface area contributed by atoms with Crippen LogP contribution < -0.4 is 10.6 Å². The molecule has 2 N–H and O–H groups in total. The van der Waals surface area contributed by atoms with Crippen molar-refractivity contribution in [1.29, 1.82) is 0 Å². The third-order valence-corrected chi connectivity index (χ3v) is 3.36. The summed E-state index contributed by atoms with van der Waals surface area (Å²) < 4.78 is 5.72. The second-order valence-corrected chi connectivity index (χ2v) is 5.39. The molecule has 0 amide bonds. The van der Waals surface area contributed by atoms with E-state index in [2.05, 4.69) is 34.4 Å². The molecule has 1 aliphatic heterocycles. The molecule has 2 heterocycles. The van der Waals surface area contributed by atoms with E-state index in [4.69, 9.17) is 4.74 Å². The van der Waals surface area contributed by atoms with Gasteiger partial charge in [0.2, 0.25) is 0 Å². The SMILES string of the molecule is CNc1ncnc(NC2CCOC(C)(C)C2)c1C. The minimum Gasteiger partial charge on any atom is -0.375 e. The summed E-state index contributed by atoms with van der Waals surface area (Å²) in [6.45, 7) is 7.09. The van der Waals surface area contributed by atoms with Gasteiger partial charge >= 0.3 is 0 Å². The highest BCUT2D eigenvalue weighted by Crippen LogP contribution is 2.27. The molecule has 1 fully saturated rings. The number of rotatable bonds is 3. The van der Waals surface area contributed by atoms with E-state index in [0.29, 0.717) is 6.04 Å². The van der Waals surface area contributed by atoms with Crippen LogP contribution in [0.3, 0.4) is 0 Å². The van der Waals surface area contributed by atoms with Crippen molar-refractivity contribution in [2.45, 2.75) is 45.3 Å². The van der Waals surface area contributed by atoms with Crippen molar-refractivity contribution < 1.29 is 4.74 Å². The third-order valence-electron chi connectivity index (χ3n) is 3.36. The first kappa shape index (κ1) is 13.1. The van der Waals surface area contributed by atoms with Gasteiger partial charge < -0.3 is 15.4 Å². The van der Waals surface area contributed by atoms with E-state index >= 15 is 0 Å².